The lowest BCUT2D eigenvalue weighted by atomic mass is 9.97. The van der Waals surface area contributed by atoms with E-state index in [9.17, 15) is 4.79 Å². The topological polar surface area (TPSA) is 41.6 Å². The van der Waals surface area contributed by atoms with Crippen molar-refractivity contribution in [2.45, 2.75) is 39.2 Å². The summed E-state index contributed by atoms with van der Waals surface area (Å²) in [4.78, 5) is 12.3. The van der Waals surface area contributed by atoms with Crippen molar-refractivity contribution in [2.75, 3.05) is 13.7 Å². The van der Waals surface area contributed by atoms with Crippen LogP contribution < -0.4 is 5.43 Å². The maximum Gasteiger partial charge on any atom is 0.329 e. The van der Waals surface area contributed by atoms with Crippen LogP contribution in [0.25, 0.3) is 5.70 Å². The molecule has 0 bridgehead atoms. The minimum atomic E-state index is -0.327. The zero-order valence-electron chi connectivity index (χ0n) is 13.1. The van der Waals surface area contributed by atoms with Crippen molar-refractivity contribution in [3.05, 3.63) is 41.5 Å². The van der Waals surface area contributed by atoms with Gasteiger partial charge in [-0.25, -0.2) is 9.80 Å². The summed E-state index contributed by atoms with van der Waals surface area (Å²) in [5.41, 5.74) is 6.62. The molecule has 114 valence electrons. The Morgan fingerprint density at radius 1 is 1.29 bits per heavy atom. The molecule has 0 radical (unpaired) electrons. The molecule has 4 heteroatoms. The summed E-state index contributed by atoms with van der Waals surface area (Å²) in [7, 11) is 1.89. The monoisotopic (exact) mass is 288 g/mol. The number of nitrogens with zero attached hydrogens (tertiary/aromatic N) is 1. The number of unbranched alkanes of at least 4 members (excludes halogenated alkanes) is 1. The lowest BCUT2D eigenvalue weighted by molar-refractivity contribution is -0.147. The second kappa shape index (κ2) is 7.27. The highest BCUT2D eigenvalue weighted by atomic mass is 16.5. The van der Waals surface area contributed by atoms with Crippen LogP contribution in [0.3, 0.4) is 0 Å². The molecule has 0 fully saturated rings. The van der Waals surface area contributed by atoms with Crippen molar-refractivity contribution in [2.24, 2.45) is 0 Å². The van der Waals surface area contributed by atoms with E-state index in [4.69, 9.17) is 4.74 Å². The maximum atomic E-state index is 12.3. The molecular formula is C17H24N2O2. The molecule has 1 N–H and O–H groups in total. The second-order valence-corrected chi connectivity index (χ2v) is 5.25. The Balaban J connectivity index is 2.36. The van der Waals surface area contributed by atoms with E-state index in [0.29, 0.717) is 6.61 Å². The first-order valence-corrected chi connectivity index (χ1v) is 7.63. The first-order valence-electron chi connectivity index (χ1n) is 7.63. The van der Waals surface area contributed by atoms with Crippen molar-refractivity contribution in [1.29, 1.82) is 0 Å². The zero-order valence-corrected chi connectivity index (χ0v) is 13.1. The minimum absolute atomic E-state index is 0.176. The van der Waals surface area contributed by atoms with Crippen LogP contribution in [-0.4, -0.2) is 30.7 Å². The Labute approximate surface area is 126 Å². The number of rotatable bonds is 6. The number of hydrogen-bond donors (Lipinski definition) is 1. The number of hydrogen-bond acceptors (Lipinski definition) is 4. The van der Waals surface area contributed by atoms with Gasteiger partial charge < -0.3 is 10.2 Å². The quantitative estimate of drug-likeness (QED) is 0.817. The summed E-state index contributed by atoms with van der Waals surface area (Å²) in [6.07, 6.45) is 3.07. The number of benzene rings is 1. The number of hydrazine groups is 1. The molecule has 1 aromatic carbocycles. The van der Waals surface area contributed by atoms with E-state index in [-0.39, 0.29) is 12.0 Å². The number of esters is 1. The Morgan fingerprint density at radius 2 is 2.00 bits per heavy atom. The van der Waals surface area contributed by atoms with Crippen LogP contribution >= 0.6 is 0 Å². The first kappa shape index (κ1) is 15.6. The minimum Gasteiger partial charge on any atom is -0.465 e. The van der Waals surface area contributed by atoms with Crippen LogP contribution in [0.1, 0.15) is 38.7 Å². The molecule has 1 aliphatic rings. The Kier molecular flexibility index (Phi) is 5.39. The first-order chi connectivity index (χ1) is 10.2. The number of carbonyl (C=O) groups is 1. The molecule has 0 aromatic heterocycles. The van der Waals surface area contributed by atoms with Gasteiger partial charge in [0, 0.05) is 7.05 Å². The van der Waals surface area contributed by atoms with Gasteiger partial charge in [0.1, 0.15) is 6.04 Å². The predicted octanol–water partition coefficient (Wildman–Crippen LogP) is 2.97. The summed E-state index contributed by atoms with van der Waals surface area (Å²) < 4.78 is 5.24. The van der Waals surface area contributed by atoms with Gasteiger partial charge in [-0.15, -0.1) is 0 Å². The molecule has 0 amide bonds. The van der Waals surface area contributed by atoms with E-state index in [0.717, 1.165) is 36.1 Å². The fraction of sp³-hybridized carbons (Fsp3) is 0.471. The van der Waals surface area contributed by atoms with Gasteiger partial charge in [0.15, 0.2) is 0 Å². The smallest absolute Gasteiger partial charge is 0.329 e. The van der Waals surface area contributed by atoms with Crippen LogP contribution in [0.2, 0.25) is 0 Å². The van der Waals surface area contributed by atoms with E-state index in [1.165, 1.54) is 0 Å². The van der Waals surface area contributed by atoms with Crippen LogP contribution in [0.5, 0.6) is 0 Å². The van der Waals surface area contributed by atoms with E-state index in [1.807, 2.05) is 37.2 Å². The van der Waals surface area contributed by atoms with Crippen molar-refractivity contribution in [3.8, 4) is 0 Å². The molecule has 0 spiro atoms. The van der Waals surface area contributed by atoms with Gasteiger partial charge in [0.2, 0.25) is 0 Å². The van der Waals surface area contributed by atoms with E-state index >= 15 is 0 Å². The molecule has 4 nitrogen and oxygen atoms in total. The van der Waals surface area contributed by atoms with E-state index < -0.39 is 0 Å². The molecule has 1 unspecified atom stereocenters. The summed E-state index contributed by atoms with van der Waals surface area (Å²) >= 11 is 0. The van der Waals surface area contributed by atoms with Gasteiger partial charge in [0.05, 0.1) is 12.3 Å². The van der Waals surface area contributed by atoms with Gasteiger partial charge in [-0.3, -0.25) is 0 Å². The lowest BCUT2D eigenvalue weighted by Gasteiger charge is -2.20. The highest BCUT2D eigenvalue weighted by Gasteiger charge is 2.36. The third kappa shape index (κ3) is 3.45. The Morgan fingerprint density at radius 3 is 2.62 bits per heavy atom. The molecular weight excluding hydrogens is 264 g/mol. The van der Waals surface area contributed by atoms with Gasteiger partial charge in [0.25, 0.3) is 0 Å². The molecule has 1 aliphatic heterocycles. The van der Waals surface area contributed by atoms with Crippen LogP contribution in [0, 0.1) is 0 Å². The zero-order chi connectivity index (χ0) is 15.2. The standard InChI is InChI=1S/C17H24N2O2/c1-4-6-12-14-15(13-10-8-7-9-11-13)18-19(3)16(14)17(20)21-5-2/h7-11,16,18H,4-6,12H2,1-3H3. The average Bonchev–Trinajstić information content (AvgIpc) is 2.83. The van der Waals surface area contributed by atoms with E-state index in [2.05, 4.69) is 24.5 Å². The van der Waals surface area contributed by atoms with Crippen molar-refractivity contribution in [1.82, 2.24) is 10.4 Å². The van der Waals surface area contributed by atoms with Crippen LogP contribution in [0.4, 0.5) is 0 Å². The average molecular weight is 288 g/mol. The molecule has 2 rings (SSSR count). The number of ether oxygens (including phenoxy) is 1. The Bertz CT molecular complexity index is 511. The molecule has 21 heavy (non-hydrogen) atoms. The SMILES string of the molecule is CCCCC1=C(c2ccccc2)NN(C)C1C(=O)OCC. The number of likely N-dealkylation sites (N-methyl/N-ethyl adjacent to an activating group) is 1. The predicted molar refractivity (Wildman–Crippen MR) is 84.2 cm³/mol. The van der Waals surface area contributed by atoms with Gasteiger partial charge in [-0.1, -0.05) is 43.7 Å². The van der Waals surface area contributed by atoms with Crippen LogP contribution in [0.15, 0.2) is 35.9 Å². The molecule has 0 saturated carbocycles. The maximum absolute atomic E-state index is 12.3. The van der Waals surface area contributed by atoms with E-state index in [1.54, 1.807) is 0 Å². The van der Waals surface area contributed by atoms with Gasteiger partial charge in [-0.2, -0.15) is 0 Å². The lowest BCUT2D eigenvalue weighted by Crippen LogP contribution is -2.41. The normalized spacial score (nSPS) is 18.7. The molecule has 1 aromatic rings. The number of carbonyl (C=O) groups excluding carboxylic acids is 1. The summed E-state index contributed by atoms with van der Waals surface area (Å²) in [5, 5.41) is 1.85. The molecule has 1 atom stereocenters. The fourth-order valence-corrected chi connectivity index (χ4v) is 2.69. The molecule has 0 aliphatic carbocycles. The molecule has 0 saturated heterocycles. The summed E-state index contributed by atoms with van der Waals surface area (Å²) in [6, 6.07) is 9.83. The van der Waals surface area contributed by atoms with Crippen molar-refractivity contribution in [3.63, 3.8) is 0 Å². The summed E-state index contributed by atoms with van der Waals surface area (Å²) in [6.45, 7) is 4.41. The van der Waals surface area contributed by atoms with Crippen molar-refractivity contribution >= 4 is 11.7 Å². The third-order valence-electron chi connectivity index (χ3n) is 3.70. The second-order valence-electron chi connectivity index (χ2n) is 5.25. The molecule has 1 heterocycles. The van der Waals surface area contributed by atoms with Crippen LogP contribution in [-0.2, 0) is 9.53 Å². The Hall–Kier alpha value is -1.81. The highest BCUT2D eigenvalue weighted by molar-refractivity contribution is 5.86. The highest BCUT2D eigenvalue weighted by Crippen LogP contribution is 2.31. The van der Waals surface area contributed by atoms with Crippen molar-refractivity contribution < 1.29 is 9.53 Å². The largest absolute Gasteiger partial charge is 0.465 e. The van der Waals surface area contributed by atoms with Gasteiger partial charge in [-0.05, 0) is 30.9 Å². The third-order valence-corrected chi connectivity index (χ3v) is 3.70. The summed E-state index contributed by atoms with van der Waals surface area (Å²) in [5.74, 6) is -0.176. The fourth-order valence-electron chi connectivity index (χ4n) is 2.69. The van der Waals surface area contributed by atoms with Gasteiger partial charge >= 0.3 is 5.97 Å². The number of nitrogens with one attached hydrogen (secondary N) is 1.